The maximum absolute atomic E-state index is 5.04. The lowest BCUT2D eigenvalue weighted by Gasteiger charge is -2.18. The average Bonchev–Trinajstić information content (AvgIpc) is 2.30. The van der Waals surface area contributed by atoms with Gasteiger partial charge in [-0.3, -0.25) is 4.72 Å². The van der Waals surface area contributed by atoms with Gasteiger partial charge in [0.2, 0.25) is 5.88 Å². The molecule has 1 rings (SSSR count). The minimum absolute atomic E-state index is 0.215. The van der Waals surface area contributed by atoms with Gasteiger partial charge in [-0.25, -0.2) is 4.98 Å². The zero-order valence-electron chi connectivity index (χ0n) is 12.7. The molecule has 19 heavy (non-hydrogen) atoms. The number of aromatic nitrogens is 1. The molecule has 0 atom stereocenters. The van der Waals surface area contributed by atoms with Crippen molar-refractivity contribution >= 4 is 27.9 Å². The van der Waals surface area contributed by atoms with Crippen LogP contribution in [0.2, 0.25) is 0 Å². The van der Waals surface area contributed by atoms with Crippen molar-refractivity contribution in [2.24, 2.45) is 0 Å². The SMILES string of the molecule is CCC.COc1ccc(CNSC(C)(C)C)c(Br)n1. The summed E-state index contributed by atoms with van der Waals surface area (Å²) in [5.74, 6) is 0.624. The maximum Gasteiger partial charge on any atom is 0.214 e. The molecule has 0 aliphatic carbocycles. The zero-order chi connectivity index (χ0) is 14.9. The van der Waals surface area contributed by atoms with Crippen LogP contribution in [-0.4, -0.2) is 16.8 Å². The second kappa shape index (κ2) is 9.61. The Morgan fingerprint density at radius 3 is 2.32 bits per heavy atom. The molecule has 110 valence electrons. The summed E-state index contributed by atoms with van der Waals surface area (Å²) in [6.45, 7) is 11.5. The Morgan fingerprint density at radius 2 is 1.89 bits per heavy atom. The summed E-state index contributed by atoms with van der Waals surface area (Å²) in [7, 11) is 1.61. The summed E-state index contributed by atoms with van der Waals surface area (Å²) < 4.78 is 9.41. The molecule has 1 heterocycles. The first-order valence-corrected chi connectivity index (χ1v) is 8.05. The van der Waals surface area contributed by atoms with Gasteiger partial charge in [-0.1, -0.05) is 32.2 Å². The third-order valence-electron chi connectivity index (χ3n) is 1.75. The first-order valence-electron chi connectivity index (χ1n) is 6.44. The van der Waals surface area contributed by atoms with Crippen LogP contribution in [0.1, 0.15) is 46.6 Å². The minimum atomic E-state index is 0.215. The molecule has 0 unspecified atom stereocenters. The number of hydrogen-bond acceptors (Lipinski definition) is 4. The molecule has 0 saturated carbocycles. The predicted molar refractivity (Wildman–Crippen MR) is 88.6 cm³/mol. The number of methoxy groups -OCH3 is 1. The van der Waals surface area contributed by atoms with E-state index in [1.54, 1.807) is 19.1 Å². The van der Waals surface area contributed by atoms with Gasteiger partial charge in [-0.2, -0.15) is 0 Å². The van der Waals surface area contributed by atoms with Gasteiger partial charge < -0.3 is 4.74 Å². The standard InChI is InChI=1S/C11H17BrN2OS.C3H8/c1-11(2,3)16-13-7-8-5-6-9(15-4)14-10(8)12;1-3-2/h5-6,13H,7H2,1-4H3;3H2,1-2H3. The molecule has 0 bridgehead atoms. The van der Waals surface area contributed by atoms with Crippen molar-refractivity contribution in [2.45, 2.75) is 52.3 Å². The first-order chi connectivity index (χ1) is 8.84. The Bertz CT molecular complexity index is 367. The van der Waals surface area contributed by atoms with E-state index in [-0.39, 0.29) is 4.75 Å². The van der Waals surface area contributed by atoms with Gasteiger partial charge in [0.1, 0.15) is 4.60 Å². The van der Waals surface area contributed by atoms with E-state index in [2.05, 4.69) is 60.3 Å². The fraction of sp³-hybridized carbons (Fsp3) is 0.643. The summed E-state index contributed by atoms with van der Waals surface area (Å²) in [5, 5.41) is 0. The summed E-state index contributed by atoms with van der Waals surface area (Å²) in [4.78, 5) is 4.25. The van der Waals surface area contributed by atoms with Gasteiger partial charge in [0.05, 0.1) is 7.11 Å². The molecular weight excluding hydrogens is 324 g/mol. The topological polar surface area (TPSA) is 34.1 Å². The third-order valence-corrected chi connectivity index (χ3v) is 3.34. The van der Waals surface area contributed by atoms with E-state index in [4.69, 9.17) is 4.74 Å². The second-order valence-electron chi connectivity index (χ2n) is 5.05. The van der Waals surface area contributed by atoms with Crippen molar-refractivity contribution in [3.8, 4) is 5.88 Å². The molecule has 0 aliphatic rings. The van der Waals surface area contributed by atoms with E-state index in [9.17, 15) is 0 Å². The Morgan fingerprint density at radius 1 is 1.32 bits per heavy atom. The lowest BCUT2D eigenvalue weighted by atomic mass is 10.3. The van der Waals surface area contributed by atoms with E-state index in [1.807, 2.05) is 12.1 Å². The predicted octanol–water partition coefficient (Wildman–Crippen LogP) is 4.81. The fourth-order valence-corrected chi connectivity index (χ4v) is 2.13. The number of nitrogens with zero attached hydrogens (tertiary/aromatic N) is 1. The highest BCUT2D eigenvalue weighted by atomic mass is 79.9. The van der Waals surface area contributed by atoms with Crippen LogP contribution in [-0.2, 0) is 6.54 Å². The highest BCUT2D eigenvalue weighted by Crippen LogP contribution is 2.22. The Hall–Kier alpha value is -0.260. The highest BCUT2D eigenvalue weighted by molar-refractivity contribution is 9.10. The molecule has 1 aromatic heterocycles. The number of rotatable bonds is 4. The average molecular weight is 349 g/mol. The number of halogens is 1. The lowest BCUT2D eigenvalue weighted by molar-refractivity contribution is 0.396. The van der Waals surface area contributed by atoms with E-state index < -0.39 is 0 Å². The van der Waals surface area contributed by atoms with Crippen molar-refractivity contribution in [3.05, 3.63) is 22.3 Å². The van der Waals surface area contributed by atoms with Gasteiger partial charge in [0.15, 0.2) is 0 Å². The van der Waals surface area contributed by atoms with E-state index in [0.29, 0.717) is 5.88 Å². The molecule has 5 heteroatoms. The minimum Gasteiger partial charge on any atom is -0.481 e. The summed E-state index contributed by atoms with van der Waals surface area (Å²) in [6, 6.07) is 3.87. The van der Waals surface area contributed by atoms with Gasteiger partial charge in [-0.05, 0) is 48.3 Å². The number of hydrogen-bond donors (Lipinski definition) is 1. The molecule has 0 radical (unpaired) electrons. The van der Waals surface area contributed by atoms with Crippen LogP contribution in [0.3, 0.4) is 0 Å². The Labute approximate surface area is 130 Å². The van der Waals surface area contributed by atoms with Crippen molar-refractivity contribution in [2.75, 3.05) is 7.11 Å². The number of ether oxygens (including phenoxy) is 1. The van der Waals surface area contributed by atoms with Crippen LogP contribution in [0, 0.1) is 0 Å². The normalized spacial score (nSPS) is 10.7. The third kappa shape index (κ3) is 9.30. The quantitative estimate of drug-likeness (QED) is 0.625. The van der Waals surface area contributed by atoms with Crippen molar-refractivity contribution in [3.63, 3.8) is 0 Å². The first kappa shape index (κ1) is 18.7. The van der Waals surface area contributed by atoms with Crippen LogP contribution in [0.25, 0.3) is 0 Å². The largest absolute Gasteiger partial charge is 0.481 e. The molecule has 0 amide bonds. The maximum atomic E-state index is 5.04. The van der Waals surface area contributed by atoms with Crippen molar-refractivity contribution < 1.29 is 4.74 Å². The molecule has 3 nitrogen and oxygen atoms in total. The molecule has 1 N–H and O–H groups in total. The summed E-state index contributed by atoms with van der Waals surface area (Å²) in [6.07, 6.45) is 1.25. The molecule has 0 saturated heterocycles. The van der Waals surface area contributed by atoms with E-state index in [1.165, 1.54) is 6.42 Å². The van der Waals surface area contributed by atoms with Gasteiger partial charge in [0, 0.05) is 17.4 Å². The van der Waals surface area contributed by atoms with Crippen LogP contribution >= 0.6 is 27.9 Å². The van der Waals surface area contributed by atoms with Gasteiger partial charge in [-0.15, -0.1) is 0 Å². The highest BCUT2D eigenvalue weighted by Gasteiger charge is 2.11. The van der Waals surface area contributed by atoms with Crippen LogP contribution in [0.5, 0.6) is 5.88 Å². The van der Waals surface area contributed by atoms with Crippen molar-refractivity contribution in [1.82, 2.24) is 9.71 Å². The van der Waals surface area contributed by atoms with E-state index in [0.717, 1.165) is 16.7 Å². The molecular formula is C14H25BrN2OS. The number of pyridine rings is 1. The summed E-state index contributed by atoms with van der Waals surface area (Å²) >= 11 is 5.15. The monoisotopic (exact) mass is 348 g/mol. The van der Waals surface area contributed by atoms with Gasteiger partial charge >= 0.3 is 0 Å². The van der Waals surface area contributed by atoms with Gasteiger partial charge in [0.25, 0.3) is 0 Å². The van der Waals surface area contributed by atoms with Crippen LogP contribution in [0.15, 0.2) is 16.7 Å². The van der Waals surface area contributed by atoms with Crippen LogP contribution < -0.4 is 9.46 Å². The van der Waals surface area contributed by atoms with E-state index >= 15 is 0 Å². The second-order valence-corrected chi connectivity index (χ2v) is 7.51. The Balaban J connectivity index is 0.000000982. The fourth-order valence-electron chi connectivity index (χ4n) is 1.02. The Kier molecular flexibility index (Phi) is 9.48. The smallest absolute Gasteiger partial charge is 0.214 e. The lowest BCUT2D eigenvalue weighted by Crippen LogP contribution is -2.17. The molecule has 1 aromatic rings. The summed E-state index contributed by atoms with van der Waals surface area (Å²) in [5.41, 5.74) is 1.12. The molecule has 0 aliphatic heterocycles. The molecule has 0 aromatic carbocycles. The van der Waals surface area contributed by atoms with Crippen molar-refractivity contribution in [1.29, 1.82) is 0 Å². The number of nitrogens with one attached hydrogen (secondary N) is 1. The molecule has 0 fully saturated rings. The van der Waals surface area contributed by atoms with Crippen LogP contribution in [0.4, 0.5) is 0 Å². The molecule has 0 spiro atoms. The zero-order valence-corrected chi connectivity index (χ0v) is 15.1.